The van der Waals surface area contributed by atoms with Crippen LogP contribution in [0.1, 0.15) is 31.6 Å². The van der Waals surface area contributed by atoms with E-state index in [0.29, 0.717) is 10.3 Å². The fraction of sp³-hybridized carbons (Fsp3) is 0.714. The van der Waals surface area contributed by atoms with Gasteiger partial charge in [0.25, 0.3) is 0 Å². The van der Waals surface area contributed by atoms with Crippen LogP contribution in [0.25, 0.3) is 0 Å². The van der Waals surface area contributed by atoms with Gasteiger partial charge in [0, 0.05) is 30.6 Å². The highest BCUT2D eigenvalue weighted by atomic mass is 32.2. The van der Waals surface area contributed by atoms with E-state index in [1.165, 1.54) is 11.3 Å². The maximum atomic E-state index is 12.3. The minimum atomic E-state index is -3.38. The Labute approximate surface area is 131 Å². The van der Waals surface area contributed by atoms with Gasteiger partial charge in [0.2, 0.25) is 10.0 Å². The highest BCUT2D eigenvalue weighted by Crippen LogP contribution is 2.27. The first-order valence-corrected chi connectivity index (χ1v) is 9.58. The average molecular weight is 332 g/mol. The molecule has 120 valence electrons. The lowest BCUT2D eigenvalue weighted by Crippen LogP contribution is -2.47. The number of sulfonamides is 1. The molecular formula is C14H24N2O3S2. The van der Waals surface area contributed by atoms with E-state index < -0.39 is 10.0 Å². The fourth-order valence-corrected chi connectivity index (χ4v) is 4.89. The number of thiophene rings is 1. The van der Waals surface area contributed by atoms with Crippen molar-refractivity contribution in [1.29, 1.82) is 0 Å². The predicted octanol–water partition coefficient (Wildman–Crippen LogP) is 1.74. The Morgan fingerprint density at radius 2 is 2.10 bits per heavy atom. The van der Waals surface area contributed by atoms with Crippen LogP contribution in [-0.4, -0.2) is 40.3 Å². The molecular weight excluding hydrogens is 308 g/mol. The van der Waals surface area contributed by atoms with Crippen molar-refractivity contribution in [3.63, 3.8) is 0 Å². The Bertz CT molecular complexity index is 548. The molecule has 1 saturated carbocycles. The van der Waals surface area contributed by atoms with Gasteiger partial charge in [-0.05, 0) is 31.4 Å². The largest absolute Gasteiger partial charge is 0.381 e. The second-order valence-electron chi connectivity index (χ2n) is 5.73. The number of rotatable bonds is 8. The highest BCUT2D eigenvalue weighted by molar-refractivity contribution is 7.91. The minimum Gasteiger partial charge on any atom is -0.381 e. The van der Waals surface area contributed by atoms with Gasteiger partial charge in [-0.15, -0.1) is 11.3 Å². The van der Waals surface area contributed by atoms with Crippen LogP contribution in [0.3, 0.4) is 0 Å². The molecule has 1 aliphatic carbocycles. The summed E-state index contributed by atoms with van der Waals surface area (Å²) in [4.78, 5) is 1.09. The molecule has 1 fully saturated rings. The SMILES string of the molecule is COC1CC(NS(=O)(=O)c2ccc(CCNC(C)C)s2)C1. The summed E-state index contributed by atoms with van der Waals surface area (Å²) in [5, 5.41) is 3.33. The third kappa shape index (κ3) is 4.75. The van der Waals surface area contributed by atoms with Gasteiger partial charge in [0.15, 0.2) is 0 Å². The highest BCUT2D eigenvalue weighted by Gasteiger charge is 2.33. The molecule has 7 heteroatoms. The fourth-order valence-electron chi connectivity index (χ4n) is 2.25. The van der Waals surface area contributed by atoms with E-state index in [9.17, 15) is 8.42 Å². The average Bonchev–Trinajstić information content (AvgIpc) is 2.82. The zero-order valence-electron chi connectivity index (χ0n) is 12.8. The van der Waals surface area contributed by atoms with Gasteiger partial charge in [0.05, 0.1) is 6.10 Å². The van der Waals surface area contributed by atoms with Crippen molar-refractivity contribution in [3.8, 4) is 0 Å². The summed E-state index contributed by atoms with van der Waals surface area (Å²) < 4.78 is 32.9. The summed E-state index contributed by atoms with van der Waals surface area (Å²) in [6.07, 6.45) is 2.56. The summed E-state index contributed by atoms with van der Waals surface area (Å²) in [6, 6.07) is 4.06. The monoisotopic (exact) mass is 332 g/mol. The number of methoxy groups -OCH3 is 1. The summed E-state index contributed by atoms with van der Waals surface area (Å²) >= 11 is 1.35. The Hall–Kier alpha value is -0.470. The molecule has 1 aromatic rings. The minimum absolute atomic E-state index is 0.00751. The summed E-state index contributed by atoms with van der Waals surface area (Å²) in [6.45, 7) is 5.06. The maximum Gasteiger partial charge on any atom is 0.250 e. The molecule has 21 heavy (non-hydrogen) atoms. The summed E-state index contributed by atoms with van der Waals surface area (Å²) in [7, 11) is -1.72. The first-order chi connectivity index (χ1) is 9.90. The van der Waals surface area contributed by atoms with Crippen molar-refractivity contribution in [3.05, 3.63) is 17.0 Å². The lowest BCUT2D eigenvalue weighted by atomic mass is 9.90. The van der Waals surface area contributed by atoms with E-state index >= 15 is 0 Å². The van der Waals surface area contributed by atoms with Crippen LogP contribution in [0, 0.1) is 0 Å². The molecule has 5 nitrogen and oxygen atoms in total. The number of ether oxygens (including phenoxy) is 1. The molecule has 2 rings (SSSR count). The molecule has 0 amide bonds. The van der Waals surface area contributed by atoms with Gasteiger partial charge in [-0.25, -0.2) is 13.1 Å². The van der Waals surface area contributed by atoms with Crippen LogP contribution in [-0.2, 0) is 21.2 Å². The van der Waals surface area contributed by atoms with Crippen LogP contribution < -0.4 is 10.0 Å². The third-order valence-electron chi connectivity index (χ3n) is 3.58. The van der Waals surface area contributed by atoms with Gasteiger partial charge in [-0.3, -0.25) is 0 Å². The van der Waals surface area contributed by atoms with E-state index in [-0.39, 0.29) is 12.1 Å². The van der Waals surface area contributed by atoms with Crippen molar-refractivity contribution in [2.45, 2.75) is 55.5 Å². The lowest BCUT2D eigenvalue weighted by molar-refractivity contribution is 0.0236. The van der Waals surface area contributed by atoms with Crippen molar-refractivity contribution < 1.29 is 13.2 Å². The molecule has 1 heterocycles. The first kappa shape index (κ1) is 16.9. The van der Waals surface area contributed by atoms with Gasteiger partial charge in [0.1, 0.15) is 4.21 Å². The van der Waals surface area contributed by atoms with Gasteiger partial charge < -0.3 is 10.1 Å². The number of hydrogen-bond acceptors (Lipinski definition) is 5. The third-order valence-corrected chi connectivity index (χ3v) is 6.73. The molecule has 0 saturated heterocycles. The van der Waals surface area contributed by atoms with Crippen molar-refractivity contribution >= 4 is 21.4 Å². The molecule has 2 N–H and O–H groups in total. The van der Waals surface area contributed by atoms with Crippen LogP contribution in [0.2, 0.25) is 0 Å². The van der Waals surface area contributed by atoms with Crippen molar-refractivity contribution in [1.82, 2.24) is 10.0 Å². The predicted molar refractivity (Wildman–Crippen MR) is 85.3 cm³/mol. The first-order valence-electron chi connectivity index (χ1n) is 7.28. The molecule has 1 aromatic heterocycles. The Morgan fingerprint density at radius 1 is 1.38 bits per heavy atom. The van der Waals surface area contributed by atoms with Gasteiger partial charge in [-0.2, -0.15) is 0 Å². The van der Waals surface area contributed by atoms with Crippen LogP contribution in [0.4, 0.5) is 0 Å². The molecule has 0 bridgehead atoms. The quantitative estimate of drug-likeness (QED) is 0.761. The van der Waals surface area contributed by atoms with Gasteiger partial charge >= 0.3 is 0 Å². The molecule has 0 radical (unpaired) electrons. The van der Waals surface area contributed by atoms with Crippen LogP contribution in [0.15, 0.2) is 16.3 Å². The molecule has 0 spiro atoms. The number of hydrogen-bond donors (Lipinski definition) is 2. The normalized spacial score (nSPS) is 22.5. The zero-order valence-corrected chi connectivity index (χ0v) is 14.4. The Balaban J connectivity index is 1.87. The second kappa shape index (κ2) is 7.19. The number of nitrogens with one attached hydrogen (secondary N) is 2. The van der Waals surface area contributed by atoms with E-state index in [1.807, 2.05) is 6.07 Å². The van der Waals surface area contributed by atoms with Crippen LogP contribution >= 0.6 is 11.3 Å². The molecule has 0 aliphatic heterocycles. The Kier molecular flexibility index (Phi) is 5.79. The van der Waals surface area contributed by atoms with Gasteiger partial charge in [-0.1, -0.05) is 13.8 Å². The van der Waals surface area contributed by atoms with E-state index in [1.54, 1.807) is 13.2 Å². The summed E-state index contributed by atoms with van der Waals surface area (Å²) in [5.41, 5.74) is 0. The maximum absolute atomic E-state index is 12.3. The topological polar surface area (TPSA) is 67.4 Å². The van der Waals surface area contributed by atoms with Crippen LogP contribution in [0.5, 0.6) is 0 Å². The Morgan fingerprint density at radius 3 is 2.71 bits per heavy atom. The smallest absolute Gasteiger partial charge is 0.250 e. The van der Waals surface area contributed by atoms with E-state index in [0.717, 1.165) is 30.7 Å². The van der Waals surface area contributed by atoms with E-state index in [2.05, 4.69) is 23.9 Å². The molecule has 0 atom stereocenters. The van der Waals surface area contributed by atoms with E-state index in [4.69, 9.17) is 4.74 Å². The van der Waals surface area contributed by atoms with Crippen molar-refractivity contribution in [2.75, 3.05) is 13.7 Å². The van der Waals surface area contributed by atoms with Crippen molar-refractivity contribution in [2.24, 2.45) is 0 Å². The molecule has 0 unspecified atom stereocenters. The molecule has 0 aromatic carbocycles. The zero-order chi connectivity index (χ0) is 15.5. The lowest BCUT2D eigenvalue weighted by Gasteiger charge is -2.34. The summed E-state index contributed by atoms with van der Waals surface area (Å²) in [5.74, 6) is 0. The standard InChI is InChI=1S/C14H24N2O3S2/c1-10(2)15-7-6-13-4-5-14(20-13)21(17,18)16-11-8-12(9-11)19-3/h4-5,10-12,15-16H,6-9H2,1-3H3. The molecule has 1 aliphatic rings. The second-order valence-corrected chi connectivity index (χ2v) is 8.84.